The summed E-state index contributed by atoms with van der Waals surface area (Å²) in [5.41, 5.74) is 0.507. The molecule has 0 bridgehead atoms. The maximum Gasteiger partial charge on any atom is 0.344 e. The van der Waals surface area contributed by atoms with E-state index in [0.717, 1.165) is 5.56 Å². The Balaban J connectivity index is 1.62. The highest BCUT2D eigenvalue weighted by Crippen LogP contribution is 2.41. The zero-order valence-electron chi connectivity index (χ0n) is 17.9. The van der Waals surface area contributed by atoms with Gasteiger partial charge in [0.05, 0.1) is 12.0 Å². The molecular weight excluding hydrogens is 436 g/mol. The Bertz CT molecular complexity index is 1260. The minimum absolute atomic E-state index is 0.00724. The van der Waals surface area contributed by atoms with Crippen LogP contribution < -0.4 is 19.8 Å². The van der Waals surface area contributed by atoms with Gasteiger partial charge in [-0.1, -0.05) is 13.8 Å². The van der Waals surface area contributed by atoms with Gasteiger partial charge in [0.2, 0.25) is 13.1 Å². The summed E-state index contributed by atoms with van der Waals surface area (Å²) >= 11 is 0. The SMILES string of the molecule is CC(C)c1cc(O[C@@H]2O[C@H](CO)[C@@H](O)[C@H](O)[C@H]2O)cc2oc(=O)c3cc4c(cc3c12)OCO4. The van der Waals surface area contributed by atoms with Gasteiger partial charge in [0.15, 0.2) is 11.5 Å². The number of aliphatic hydroxyl groups excluding tert-OH is 4. The molecule has 176 valence electrons. The Labute approximate surface area is 187 Å². The van der Waals surface area contributed by atoms with Crippen molar-refractivity contribution < 1.29 is 43.8 Å². The molecular formula is C23H24O10. The van der Waals surface area contributed by atoms with Gasteiger partial charge in [-0.25, -0.2) is 4.79 Å². The molecule has 0 saturated carbocycles. The molecule has 1 fully saturated rings. The first-order valence-electron chi connectivity index (χ1n) is 10.6. The molecule has 0 amide bonds. The molecule has 0 aliphatic carbocycles. The fourth-order valence-corrected chi connectivity index (χ4v) is 4.27. The van der Waals surface area contributed by atoms with E-state index in [1.165, 1.54) is 6.07 Å². The van der Waals surface area contributed by atoms with Crippen LogP contribution in [0.15, 0.2) is 33.5 Å². The zero-order valence-corrected chi connectivity index (χ0v) is 17.9. The average Bonchev–Trinajstić information content (AvgIpc) is 3.25. The van der Waals surface area contributed by atoms with Crippen molar-refractivity contribution in [2.24, 2.45) is 0 Å². The number of ether oxygens (including phenoxy) is 4. The van der Waals surface area contributed by atoms with Gasteiger partial charge in [-0.05, 0) is 29.7 Å². The molecule has 33 heavy (non-hydrogen) atoms. The maximum atomic E-state index is 12.7. The monoisotopic (exact) mass is 460 g/mol. The molecule has 0 spiro atoms. The van der Waals surface area contributed by atoms with E-state index in [0.29, 0.717) is 27.7 Å². The van der Waals surface area contributed by atoms with Crippen molar-refractivity contribution >= 4 is 21.7 Å². The molecule has 0 unspecified atom stereocenters. The van der Waals surface area contributed by atoms with E-state index in [1.54, 1.807) is 18.2 Å². The average molecular weight is 460 g/mol. The van der Waals surface area contributed by atoms with Gasteiger partial charge in [0.25, 0.3) is 0 Å². The van der Waals surface area contributed by atoms with E-state index in [9.17, 15) is 25.2 Å². The Morgan fingerprint density at radius 1 is 1.00 bits per heavy atom. The van der Waals surface area contributed by atoms with Crippen LogP contribution in [0.1, 0.15) is 25.3 Å². The van der Waals surface area contributed by atoms with Crippen LogP contribution in [0.2, 0.25) is 0 Å². The Hall–Kier alpha value is -2.89. The van der Waals surface area contributed by atoms with Crippen LogP contribution in [0.5, 0.6) is 17.2 Å². The summed E-state index contributed by atoms with van der Waals surface area (Å²) < 4.78 is 27.7. The van der Waals surface area contributed by atoms with Crippen molar-refractivity contribution in [1.29, 1.82) is 0 Å². The predicted octanol–water partition coefficient (Wildman–Crippen LogP) is 0.977. The summed E-state index contributed by atoms with van der Waals surface area (Å²) in [7, 11) is 0. The maximum absolute atomic E-state index is 12.7. The number of fused-ring (bicyclic) bond motifs is 4. The molecule has 3 heterocycles. The van der Waals surface area contributed by atoms with Crippen LogP contribution >= 0.6 is 0 Å². The lowest BCUT2D eigenvalue weighted by Gasteiger charge is -2.39. The van der Waals surface area contributed by atoms with Crippen LogP contribution in [0.4, 0.5) is 0 Å². The van der Waals surface area contributed by atoms with E-state index in [2.05, 4.69) is 0 Å². The lowest BCUT2D eigenvalue weighted by atomic mass is 9.94. The second kappa shape index (κ2) is 8.15. The van der Waals surface area contributed by atoms with Gasteiger partial charge in [0.1, 0.15) is 35.7 Å². The Kier molecular flexibility index (Phi) is 5.42. The van der Waals surface area contributed by atoms with Crippen molar-refractivity contribution in [3.8, 4) is 17.2 Å². The molecule has 4 N–H and O–H groups in total. The molecule has 3 aromatic rings. The predicted molar refractivity (Wildman–Crippen MR) is 115 cm³/mol. The molecule has 2 aliphatic heterocycles. The molecule has 0 radical (unpaired) electrons. The quantitative estimate of drug-likeness (QED) is 0.328. The van der Waals surface area contributed by atoms with Crippen molar-refractivity contribution in [1.82, 2.24) is 0 Å². The minimum atomic E-state index is -1.57. The molecule has 5 rings (SSSR count). The summed E-state index contributed by atoms with van der Waals surface area (Å²) in [6.45, 7) is 3.44. The summed E-state index contributed by atoms with van der Waals surface area (Å²) in [5.74, 6) is 1.22. The molecule has 10 heteroatoms. The van der Waals surface area contributed by atoms with Crippen LogP contribution in [-0.2, 0) is 4.74 Å². The molecule has 2 aromatic carbocycles. The third-order valence-corrected chi connectivity index (χ3v) is 6.03. The highest BCUT2D eigenvalue weighted by Gasteiger charge is 2.44. The number of aliphatic hydroxyl groups is 4. The van der Waals surface area contributed by atoms with E-state index in [-0.39, 0.29) is 24.0 Å². The third kappa shape index (κ3) is 3.60. The third-order valence-electron chi connectivity index (χ3n) is 6.03. The van der Waals surface area contributed by atoms with E-state index in [4.69, 9.17) is 23.4 Å². The topological polar surface area (TPSA) is 148 Å². The number of benzene rings is 2. The highest BCUT2D eigenvalue weighted by molar-refractivity contribution is 6.07. The number of hydrogen-bond donors (Lipinski definition) is 4. The van der Waals surface area contributed by atoms with Crippen LogP contribution in [0.3, 0.4) is 0 Å². The fourth-order valence-electron chi connectivity index (χ4n) is 4.27. The van der Waals surface area contributed by atoms with Gasteiger partial charge >= 0.3 is 5.63 Å². The zero-order chi connectivity index (χ0) is 23.4. The van der Waals surface area contributed by atoms with Gasteiger partial charge in [-0.15, -0.1) is 0 Å². The van der Waals surface area contributed by atoms with E-state index >= 15 is 0 Å². The minimum Gasteiger partial charge on any atom is -0.462 e. The van der Waals surface area contributed by atoms with Crippen LogP contribution in [-0.4, -0.2) is 64.5 Å². The highest BCUT2D eigenvalue weighted by atomic mass is 16.7. The first-order chi connectivity index (χ1) is 15.8. The van der Waals surface area contributed by atoms with E-state index < -0.39 is 42.9 Å². The first kappa shape index (κ1) is 21.9. The summed E-state index contributed by atoms with van der Waals surface area (Å²) in [6, 6.07) is 6.58. The summed E-state index contributed by atoms with van der Waals surface area (Å²) in [5, 5.41) is 41.4. The van der Waals surface area contributed by atoms with Crippen molar-refractivity contribution in [3.63, 3.8) is 0 Å². The van der Waals surface area contributed by atoms with Gasteiger partial charge in [0, 0.05) is 16.8 Å². The van der Waals surface area contributed by atoms with Crippen LogP contribution in [0, 0.1) is 0 Å². The number of hydrogen-bond acceptors (Lipinski definition) is 10. The molecule has 1 saturated heterocycles. The Morgan fingerprint density at radius 2 is 1.70 bits per heavy atom. The largest absolute Gasteiger partial charge is 0.462 e. The lowest BCUT2D eigenvalue weighted by molar-refractivity contribution is -0.277. The first-order valence-corrected chi connectivity index (χ1v) is 10.6. The van der Waals surface area contributed by atoms with Gasteiger partial charge in [-0.3, -0.25) is 0 Å². The summed E-state index contributed by atoms with van der Waals surface area (Å²) in [6.07, 6.45) is -7.10. The fraction of sp³-hybridized carbons (Fsp3) is 0.435. The second-order valence-electron chi connectivity index (χ2n) is 8.50. The molecule has 1 aromatic heterocycles. The van der Waals surface area contributed by atoms with Crippen molar-refractivity contribution in [2.75, 3.05) is 13.4 Å². The standard InChI is InChI=1S/C23H24O10/c1-9(2)11-3-10(31-23-21(27)20(26)19(25)17(7-24)33-23)4-16-18(11)12-5-14-15(30-8-29-14)6-13(12)22(28)32-16/h3-6,9,17,19-21,23-27H,7-8H2,1-2H3/t17-,19-,20+,21-,23-/m1/s1. The molecule has 2 aliphatic rings. The van der Waals surface area contributed by atoms with Crippen molar-refractivity contribution in [2.45, 2.75) is 50.5 Å². The van der Waals surface area contributed by atoms with Crippen LogP contribution in [0.25, 0.3) is 21.7 Å². The van der Waals surface area contributed by atoms with Gasteiger partial charge < -0.3 is 43.8 Å². The lowest BCUT2D eigenvalue weighted by Crippen LogP contribution is -2.60. The molecule has 10 nitrogen and oxygen atoms in total. The van der Waals surface area contributed by atoms with Gasteiger partial charge in [-0.2, -0.15) is 0 Å². The smallest absolute Gasteiger partial charge is 0.344 e. The Morgan fingerprint density at radius 3 is 2.36 bits per heavy atom. The molecule has 5 atom stereocenters. The second-order valence-corrected chi connectivity index (χ2v) is 8.50. The van der Waals surface area contributed by atoms with E-state index in [1.807, 2.05) is 13.8 Å². The number of rotatable bonds is 4. The summed E-state index contributed by atoms with van der Waals surface area (Å²) in [4.78, 5) is 12.7. The van der Waals surface area contributed by atoms with Crippen molar-refractivity contribution in [3.05, 3.63) is 40.2 Å². The normalized spacial score (nSPS) is 26.9.